The number of carbonyl (C=O) groups is 1. The molecule has 1 N–H and O–H groups in total. The van der Waals surface area contributed by atoms with Gasteiger partial charge in [-0.05, 0) is 18.2 Å². The van der Waals surface area contributed by atoms with Crippen molar-refractivity contribution < 1.29 is 14.6 Å². The Morgan fingerprint density at radius 2 is 2.27 bits per heavy atom. The van der Waals surface area contributed by atoms with Crippen LogP contribution in [0.4, 0.5) is 0 Å². The molecule has 2 aromatic rings. The van der Waals surface area contributed by atoms with Crippen LogP contribution in [0.25, 0.3) is 10.1 Å². The van der Waals surface area contributed by atoms with Gasteiger partial charge in [0.05, 0.1) is 21.7 Å². The summed E-state index contributed by atoms with van der Waals surface area (Å²) in [6.45, 7) is 0. The molecule has 3 nitrogen and oxygen atoms in total. The van der Waals surface area contributed by atoms with Gasteiger partial charge in [-0.25, -0.2) is 4.79 Å². The van der Waals surface area contributed by atoms with Gasteiger partial charge >= 0.3 is 5.97 Å². The SMILES string of the molecule is COc1ccc(C(=O)O)c2cc(Cl)sc12. The highest BCUT2D eigenvalue weighted by molar-refractivity contribution is 7.23. The Labute approximate surface area is 94.9 Å². The van der Waals surface area contributed by atoms with Gasteiger partial charge in [0.2, 0.25) is 0 Å². The summed E-state index contributed by atoms with van der Waals surface area (Å²) in [5.41, 5.74) is 0.244. The van der Waals surface area contributed by atoms with Crippen LogP contribution in [0.2, 0.25) is 4.34 Å². The third kappa shape index (κ3) is 1.66. The van der Waals surface area contributed by atoms with Gasteiger partial charge in [-0.2, -0.15) is 0 Å². The van der Waals surface area contributed by atoms with Crippen molar-refractivity contribution in [3.8, 4) is 5.75 Å². The van der Waals surface area contributed by atoms with Crippen LogP contribution in [0, 0.1) is 0 Å². The maximum absolute atomic E-state index is 10.9. The van der Waals surface area contributed by atoms with Crippen molar-refractivity contribution in [1.82, 2.24) is 0 Å². The van der Waals surface area contributed by atoms with E-state index in [1.807, 2.05) is 0 Å². The van der Waals surface area contributed by atoms with Crippen molar-refractivity contribution in [2.45, 2.75) is 0 Å². The molecule has 1 aromatic carbocycles. The fraction of sp³-hybridized carbons (Fsp3) is 0.100. The summed E-state index contributed by atoms with van der Waals surface area (Å²) in [6.07, 6.45) is 0. The van der Waals surface area contributed by atoms with E-state index in [1.165, 1.54) is 17.4 Å². The lowest BCUT2D eigenvalue weighted by Crippen LogP contribution is -1.96. The Hall–Kier alpha value is -1.26. The molecule has 0 unspecified atom stereocenters. The molecule has 5 heteroatoms. The van der Waals surface area contributed by atoms with Crippen molar-refractivity contribution in [2.75, 3.05) is 7.11 Å². The van der Waals surface area contributed by atoms with Gasteiger partial charge in [0.25, 0.3) is 0 Å². The number of benzene rings is 1. The molecule has 0 saturated carbocycles. The molecule has 15 heavy (non-hydrogen) atoms. The van der Waals surface area contributed by atoms with E-state index in [4.69, 9.17) is 21.4 Å². The van der Waals surface area contributed by atoms with E-state index in [-0.39, 0.29) is 5.56 Å². The van der Waals surface area contributed by atoms with Gasteiger partial charge < -0.3 is 9.84 Å². The number of ether oxygens (including phenoxy) is 1. The summed E-state index contributed by atoms with van der Waals surface area (Å²) in [5.74, 6) is -0.316. The molecule has 0 aliphatic carbocycles. The number of aromatic carboxylic acids is 1. The molecule has 0 aliphatic rings. The lowest BCUT2D eigenvalue weighted by Gasteiger charge is -2.02. The van der Waals surface area contributed by atoms with E-state index >= 15 is 0 Å². The number of carboxylic acid groups (broad SMARTS) is 1. The lowest BCUT2D eigenvalue weighted by molar-refractivity contribution is 0.0699. The molecule has 0 aliphatic heterocycles. The lowest BCUT2D eigenvalue weighted by atomic mass is 10.1. The summed E-state index contributed by atoms with van der Waals surface area (Å²) in [6, 6.07) is 4.80. The maximum Gasteiger partial charge on any atom is 0.336 e. The normalized spacial score (nSPS) is 10.5. The average Bonchev–Trinajstić information content (AvgIpc) is 2.56. The molecule has 0 radical (unpaired) electrons. The predicted molar refractivity (Wildman–Crippen MR) is 60.3 cm³/mol. The highest BCUT2D eigenvalue weighted by atomic mass is 35.5. The first-order chi connectivity index (χ1) is 7.13. The zero-order valence-electron chi connectivity index (χ0n) is 7.78. The third-order valence-electron chi connectivity index (χ3n) is 2.07. The van der Waals surface area contributed by atoms with E-state index < -0.39 is 5.97 Å². The molecule has 0 atom stereocenters. The monoisotopic (exact) mass is 242 g/mol. The second-order valence-electron chi connectivity index (χ2n) is 2.91. The first-order valence-corrected chi connectivity index (χ1v) is 5.32. The van der Waals surface area contributed by atoms with Crippen molar-refractivity contribution in [3.05, 3.63) is 28.1 Å². The Kier molecular flexibility index (Phi) is 2.54. The molecule has 0 saturated heterocycles. The summed E-state index contributed by atoms with van der Waals surface area (Å²) in [5, 5.41) is 9.60. The molecular weight excluding hydrogens is 236 g/mol. The zero-order valence-corrected chi connectivity index (χ0v) is 9.35. The van der Waals surface area contributed by atoms with Gasteiger partial charge in [-0.1, -0.05) is 11.6 Å². The minimum Gasteiger partial charge on any atom is -0.495 e. The van der Waals surface area contributed by atoms with E-state index in [9.17, 15) is 4.79 Å². The van der Waals surface area contributed by atoms with E-state index in [1.54, 1.807) is 19.2 Å². The molecule has 1 heterocycles. The fourth-order valence-corrected chi connectivity index (χ4v) is 2.66. The molecule has 0 spiro atoms. The molecule has 1 aromatic heterocycles. The number of fused-ring (bicyclic) bond motifs is 1. The Bertz CT molecular complexity index is 533. The quantitative estimate of drug-likeness (QED) is 0.879. The Balaban J connectivity index is 2.82. The fourth-order valence-electron chi connectivity index (χ4n) is 1.42. The molecule has 0 amide bonds. The van der Waals surface area contributed by atoms with Crippen LogP contribution in [-0.4, -0.2) is 18.2 Å². The van der Waals surface area contributed by atoms with Crippen LogP contribution in [0.1, 0.15) is 10.4 Å². The van der Waals surface area contributed by atoms with Crippen molar-refractivity contribution >= 4 is 39.0 Å². The smallest absolute Gasteiger partial charge is 0.336 e. The van der Waals surface area contributed by atoms with Crippen molar-refractivity contribution in [1.29, 1.82) is 0 Å². The van der Waals surface area contributed by atoms with E-state index in [0.29, 0.717) is 15.5 Å². The van der Waals surface area contributed by atoms with Gasteiger partial charge in [0, 0.05) is 5.39 Å². The van der Waals surface area contributed by atoms with Gasteiger partial charge in [-0.15, -0.1) is 11.3 Å². The first kappa shape index (κ1) is 10.3. The molecule has 0 fully saturated rings. The minimum atomic E-state index is -0.961. The summed E-state index contributed by atoms with van der Waals surface area (Å²) >= 11 is 7.17. The highest BCUT2D eigenvalue weighted by Crippen LogP contribution is 2.37. The highest BCUT2D eigenvalue weighted by Gasteiger charge is 2.14. The van der Waals surface area contributed by atoms with Gasteiger partial charge in [-0.3, -0.25) is 0 Å². The molecule has 2 rings (SSSR count). The number of rotatable bonds is 2. The van der Waals surface area contributed by atoms with Crippen LogP contribution in [0.5, 0.6) is 5.75 Å². The number of methoxy groups -OCH3 is 1. The topological polar surface area (TPSA) is 46.5 Å². The van der Waals surface area contributed by atoms with E-state index in [2.05, 4.69) is 0 Å². The van der Waals surface area contributed by atoms with Crippen molar-refractivity contribution in [3.63, 3.8) is 0 Å². The van der Waals surface area contributed by atoms with Gasteiger partial charge in [0.1, 0.15) is 5.75 Å². The van der Waals surface area contributed by atoms with Crippen LogP contribution in [-0.2, 0) is 0 Å². The summed E-state index contributed by atoms with van der Waals surface area (Å²) < 4.78 is 6.45. The molecule has 78 valence electrons. The Morgan fingerprint density at radius 3 is 2.87 bits per heavy atom. The number of carboxylic acids is 1. The molecular formula is C10H7ClO3S. The molecule has 0 bridgehead atoms. The zero-order chi connectivity index (χ0) is 11.0. The third-order valence-corrected chi connectivity index (χ3v) is 3.35. The van der Waals surface area contributed by atoms with Crippen LogP contribution >= 0.6 is 22.9 Å². The first-order valence-electron chi connectivity index (χ1n) is 4.13. The van der Waals surface area contributed by atoms with Gasteiger partial charge in [0.15, 0.2) is 0 Å². The number of hydrogen-bond donors (Lipinski definition) is 1. The largest absolute Gasteiger partial charge is 0.495 e. The standard InChI is InChI=1S/C10H7ClO3S/c1-14-7-3-2-5(10(12)13)6-4-8(11)15-9(6)7/h2-4H,1H3,(H,12,13). The summed E-state index contributed by atoms with van der Waals surface area (Å²) in [4.78, 5) is 10.9. The second kappa shape index (κ2) is 3.72. The van der Waals surface area contributed by atoms with Crippen LogP contribution in [0.3, 0.4) is 0 Å². The number of thiophene rings is 1. The second-order valence-corrected chi connectivity index (χ2v) is 4.60. The number of hydrogen-bond acceptors (Lipinski definition) is 3. The van der Waals surface area contributed by atoms with Crippen LogP contribution < -0.4 is 4.74 Å². The van der Waals surface area contributed by atoms with Crippen LogP contribution in [0.15, 0.2) is 18.2 Å². The minimum absolute atomic E-state index is 0.244. The average molecular weight is 243 g/mol. The predicted octanol–water partition coefficient (Wildman–Crippen LogP) is 3.26. The Morgan fingerprint density at radius 1 is 1.53 bits per heavy atom. The number of halogens is 1. The summed E-state index contributed by atoms with van der Waals surface area (Å²) in [7, 11) is 1.54. The van der Waals surface area contributed by atoms with Crippen molar-refractivity contribution in [2.24, 2.45) is 0 Å². The van der Waals surface area contributed by atoms with E-state index in [0.717, 1.165) is 4.70 Å². The maximum atomic E-state index is 10.9.